The molecule has 2 amide bonds. The van der Waals surface area contributed by atoms with Gasteiger partial charge in [-0.2, -0.15) is 0 Å². The van der Waals surface area contributed by atoms with Crippen molar-refractivity contribution in [2.24, 2.45) is 5.92 Å². The van der Waals surface area contributed by atoms with Crippen molar-refractivity contribution in [3.63, 3.8) is 0 Å². The fraction of sp³-hybridized carbons (Fsp3) is 0.316. The van der Waals surface area contributed by atoms with Crippen LogP contribution >= 0.6 is 0 Å². The largest absolute Gasteiger partial charge is 0.326 e. The lowest BCUT2D eigenvalue weighted by molar-refractivity contribution is -0.117. The third kappa shape index (κ3) is 4.56. The molecular weight excluding hydrogens is 318 g/mol. The second kappa shape index (κ2) is 7.34. The Morgan fingerprint density at radius 2 is 1.96 bits per heavy atom. The highest BCUT2D eigenvalue weighted by molar-refractivity contribution is 5.96. The van der Waals surface area contributed by atoms with Crippen LogP contribution in [0.2, 0.25) is 0 Å². The SMILES string of the molecule is Cc1ccc(NC(=O)C2CC2)cc1NC(=O)CCn1ccccc1=O. The van der Waals surface area contributed by atoms with Gasteiger partial charge in [0.05, 0.1) is 0 Å². The van der Waals surface area contributed by atoms with E-state index in [0.29, 0.717) is 17.9 Å². The molecule has 1 fully saturated rings. The molecule has 2 aromatic rings. The number of nitrogens with zero attached hydrogens (tertiary/aromatic N) is 1. The average molecular weight is 339 g/mol. The van der Waals surface area contributed by atoms with Gasteiger partial charge in [-0.3, -0.25) is 14.4 Å². The van der Waals surface area contributed by atoms with Gasteiger partial charge >= 0.3 is 0 Å². The van der Waals surface area contributed by atoms with Gasteiger partial charge in [0.25, 0.3) is 5.56 Å². The fourth-order valence-corrected chi connectivity index (χ4v) is 2.50. The molecule has 0 bridgehead atoms. The first kappa shape index (κ1) is 17.0. The lowest BCUT2D eigenvalue weighted by Crippen LogP contribution is -2.22. The number of hydrogen-bond donors (Lipinski definition) is 2. The predicted molar refractivity (Wildman–Crippen MR) is 96.5 cm³/mol. The number of aryl methyl sites for hydroxylation is 2. The number of nitrogens with one attached hydrogen (secondary N) is 2. The van der Waals surface area contributed by atoms with Crippen LogP contribution in [0.5, 0.6) is 0 Å². The Hall–Kier alpha value is -2.89. The third-order valence-corrected chi connectivity index (χ3v) is 4.21. The van der Waals surface area contributed by atoms with Gasteiger partial charge in [-0.25, -0.2) is 0 Å². The number of carbonyl (C=O) groups excluding carboxylic acids is 2. The van der Waals surface area contributed by atoms with Crippen molar-refractivity contribution in [1.29, 1.82) is 0 Å². The summed E-state index contributed by atoms with van der Waals surface area (Å²) >= 11 is 0. The zero-order valence-electron chi connectivity index (χ0n) is 14.1. The van der Waals surface area contributed by atoms with E-state index in [1.807, 2.05) is 19.1 Å². The van der Waals surface area contributed by atoms with Crippen molar-refractivity contribution >= 4 is 23.2 Å². The lowest BCUT2D eigenvalue weighted by Gasteiger charge is -2.12. The lowest BCUT2D eigenvalue weighted by atomic mass is 10.1. The van der Waals surface area contributed by atoms with Crippen molar-refractivity contribution in [3.05, 3.63) is 58.5 Å². The van der Waals surface area contributed by atoms with E-state index < -0.39 is 0 Å². The van der Waals surface area contributed by atoms with Crippen LogP contribution in [0.4, 0.5) is 11.4 Å². The third-order valence-electron chi connectivity index (χ3n) is 4.21. The second-order valence-electron chi connectivity index (χ2n) is 6.32. The molecule has 2 N–H and O–H groups in total. The number of carbonyl (C=O) groups is 2. The number of aromatic nitrogens is 1. The first-order chi connectivity index (χ1) is 12.0. The summed E-state index contributed by atoms with van der Waals surface area (Å²) in [5.74, 6) is -0.0161. The van der Waals surface area contributed by atoms with Gasteiger partial charge in [0.1, 0.15) is 0 Å². The van der Waals surface area contributed by atoms with Gasteiger partial charge in [0.2, 0.25) is 11.8 Å². The number of hydrogen-bond acceptors (Lipinski definition) is 3. The highest BCUT2D eigenvalue weighted by Gasteiger charge is 2.29. The molecule has 3 rings (SSSR count). The summed E-state index contributed by atoms with van der Waals surface area (Å²) in [5, 5.41) is 5.73. The molecule has 0 spiro atoms. The fourth-order valence-electron chi connectivity index (χ4n) is 2.50. The van der Waals surface area contributed by atoms with Gasteiger partial charge < -0.3 is 15.2 Å². The van der Waals surface area contributed by atoms with Crippen LogP contribution in [0.3, 0.4) is 0 Å². The first-order valence-corrected chi connectivity index (χ1v) is 8.40. The number of benzene rings is 1. The van der Waals surface area contributed by atoms with Gasteiger partial charge in [-0.1, -0.05) is 12.1 Å². The van der Waals surface area contributed by atoms with E-state index in [-0.39, 0.29) is 29.7 Å². The summed E-state index contributed by atoms with van der Waals surface area (Å²) < 4.78 is 1.50. The molecule has 0 radical (unpaired) electrons. The molecule has 0 atom stereocenters. The zero-order chi connectivity index (χ0) is 17.8. The van der Waals surface area contributed by atoms with Gasteiger partial charge in [0.15, 0.2) is 0 Å². The molecule has 1 heterocycles. The minimum absolute atomic E-state index is 0.0320. The molecule has 6 nitrogen and oxygen atoms in total. The first-order valence-electron chi connectivity index (χ1n) is 8.40. The summed E-state index contributed by atoms with van der Waals surface area (Å²) in [6.07, 6.45) is 3.75. The van der Waals surface area contributed by atoms with Crippen molar-refractivity contribution in [3.8, 4) is 0 Å². The Kier molecular flexibility index (Phi) is 4.97. The molecular formula is C19H21N3O3. The van der Waals surface area contributed by atoms with E-state index in [0.717, 1.165) is 18.4 Å². The summed E-state index contributed by atoms with van der Waals surface area (Å²) in [5.41, 5.74) is 2.13. The van der Waals surface area contributed by atoms with Gasteiger partial charge in [-0.15, -0.1) is 0 Å². The Morgan fingerprint density at radius 1 is 1.16 bits per heavy atom. The highest BCUT2D eigenvalue weighted by atomic mass is 16.2. The van der Waals surface area contributed by atoms with E-state index in [2.05, 4.69) is 10.6 Å². The van der Waals surface area contributed by atoms with Crippen molar-refractivity contribution in [1.82, 2.24) is 4.57 Å². The molecule has 1 saturated carbocycles. The molecule has 1 aliphatic rings. The normalized spacial score (nSPS) is 13.3. The van der Waals surface area contributed by atoms with Crippen LogP contribution in [-0.2, 0) is 16.1 Å². The van der Waals surface area contributed by atoms with Crippen LogP contribution < -0.4 is 16.2 Å². The number of anilines is 2. The molecule has 0 aliphatic heterocycles. The molecule has 6 heteroatoms. The molecule has 25 heavy (non-hydrogen) atoms. The summed E-state index contributed by atoms with van der Waals surface area (Å²) in [4.78, 5) is 35.7. The minimum atomic E-state index is -0.176. The van der Waals surface area contributed by atoms with E-state index >= 15 is 0 Å². The number of pyridine rings is 1. The van der Waals surface area contributed by atoms with Gasteiger partial charge in [0, 0.05) is 42.5 Å². The Morgan fingerprint density at radius 3 is 2.68 bits per heavy atom. The van der Waals surface area contributed by atoms with Crippen LogP contribution in [-0.4, -0.2) is 16.4 Å². The molecule has 0 unspecified atom stereocenters. The summed E-state index contributed by atoms with van der Waals surface area (Å²) in [6.45, 7) is 2.21. The Balaban J connectivity index is 1.61. The Labute approximate surface area is 145 Å². The summed E-state index contributed by atoms with van der Waals surface area (Å²) in [7, 11) is 0. The molecule has 1 aromatic carbocycles. The van der Waals surface area contributed by atoms with Crippen molar-refractivity contribution < 1.29 is 9.59 Å². The van der Waals surface area contributed by atoms with Crippen LogP contribution in [0.1, 0.15) is 24.8 Å². The minimum Gasteiger partial charge on any atom is -0.326 e. The molecule has 1 aliphatic carbocycles. The number of amides is 2. The van der Waals surface area contributed by atoms with E-state index in [1.165, 1.54) is 10.6 Å². The smallest absolute Gasteiger partial charge is 0.250 e. The van der Waals surface area contributed by atoms with Crippen molar-refractivity contribution in [2.45, 2.75) is 32.7 Å². The van der Waals surface area contributed by atoms with Crippen LogP contribution in [0.15, 0.2) is 47.4 Å². The highest BCUT2D eigenvalue weighted by Crippen LogP contribution is 2.30. The Bertz CT molecular complexity index is 853. The second-order valence-corrected chi connectivity index (χ2v) is 6.32. The molecule has 0 saturated heterocycles. The quantitative estimate of drug-likeness (QED) is 0.849. The van der Waals surface area contributed by atoms with Gasteiger partial charge in [-0.05, 0) is 43.5 Å². The standard InChI is InChI=1S/C19H21N3O3/c1-13-5-8-15(20-19(25)14-6-7-14)12-16(13)21-17(23)9-11-22-10-3-2-4-18(22)24/h2-5,8,10,12,14H,6-7,9,11H2,1H3,(H,20,25)(H,21,23). The monoisotopic (exact) mass is 339 g/mol. The maximum absolute atomic E-state index is 12.2. The van der Waals surface area contributed by atoms with E-state index in [4.69, 9.17) is 0 Å². The summed E-state index contributed by atoms with van der Waals surface area (Å²) in [6, 6.07) is 10.4. The maximum Gasteiger partial charge on any atom is 0.250 e. The van der Waals surface area contributed by atoms with Crippen LogP contribution in [0, 0.1) is 12.8 Å². The molecule has 1 aromatic heterocycles. The maximum atomic E-state index is 12.2. The molecule has 130 valence electrons. The predicted octanol–water partition coefficient (Wildman–Crippen LogP) is 2.53. The van der Waals surface area contributed by atoms with E-state index in [9.17, 15) is 14.4 Å². The van der Waals surface area contributed by atoms with Crippen molar-refractivity contribution in [2.75, 3.05) is 10.6 Å². The number of rotatable bonds is 6. The average Bonchev–Trinajstić information content (AvgIpc) is 3.42. The van der Waals surface area contributed by atoms with Crippen LogP contribution in [0.25, 0.3) is 0 Å². The zero-order valence-corrected chi connectivity index (χ0v) is 14.1. The van der Waals surface area contributed by atoms with E-state index in [1.54, 1.807) is 24.4 Å². The topological polar surface area (TPSA) is 80.2 Å².